The Balaban J connectivity index is 1.43. The quantitative estimate of drug-likeness (QED) is 0.429. The van der Waals surface area contributed by atoms with E-state index < -0.39 is 0 Å². The highest BCUT2D eigenvalue weighted by molar-refractivity contribution is 7.18. The molecule has 3 heterocycles. The maximum absolute atomic E-state index is 12.2. The molecule has 0 amide bonds. The monoisotopic (exact) mass is 404 g/mol. The minimum atomic E-state index is -0.263. The van der Waals surface area contributed by atoms with Crippen LogP contribution in [0.5, 0.6) is 0 Å². The molecule has 1 atom stereocenters. The Hall–Kier alpha value is -2.50. The van der Waals surface area contributed by atoms with Crippen molar-refractivity contribution in [1.29, 1.82) is 0 Å². The lowest BCUT2D eigenvalue weighted by atomic mass is 9.97. The van der Waals surface area contributed by atoms with Crippen molar-refractivity contribution in [1.82, 2.24) is 9.88 Å². The Labute approximate surface area is 173 Å². The Bertz CT molecular complexity index is 1220. The number of aryl methyl sites for hydroxylation is 2. The first kappa shape index (κ1) is 18.5. The van der Waals surface area contributed by atoms with E-state index in [1.54, 1.807) is 6.07 Å². The Morgan fingerprint density at radius 2 is 2.07 bits per heavy atom. The molecule has 0 unspecified atom stereocenters. The molecule has 0 saturated carbocycles. The van der Waals surface area contributed by atoms with E-state index in [4.69, 9.17) is 9.40 Å². The van der Waals surface area contributed by atoms with Crippen LogP contribution < -0.4 is 5.63 Å². The summed E-state index contributed by atoms with van der Waals surface area (Å²) in [5.74, 6) is 0.455. The van der Waals surface area contributed by atoms with Crippen LogP contribution in [0.4, 0.5) is 0 Å². The van der Waals surface area contributed by atoms with Gasteiger partial charge in [0.15, 0.2) is 0 Å². The van der Waals surface area contributed by atoms with E-state index in [9.17, 15) is 4.79 Å². The standard InChI is InChI=1S/C24H24N2O2S/c1-15-9-10-19-18(12-22(27)28-23(19)16(15)2)14-26-11-5-6-17(13-26)24-25-20-7-3-4-8-21(20)29-24/h3-4,7-10,12,17H,5-6,11,13-14H2,1-2H3/t17-/m0/s1. The summed E-state index contributed by atoms with van der Waals surface area (Å²) in [4.78, 5) is 19.6. The van der Waals surface area contributed by atoms with Gasteiger partial charge in [-0.15, -0.1) is 11.3 Å². The topological polar surface area (TPSA) is 46.3 Å². The third-order valence-corrected chi connectivity index (χ3v) is 7.28. The Kier molecular flexibility index (Phi) is 4.72. The third kappa shape index (κ3) is 3.49. The maximum Gasteiger partial charge on any atom is 0.336 e. The van der Waals surface area contributed by atoms with E-state index in [0.717, 1.165) is 59.2 Å². The predicted octanol–water partition coefficient (Wildman–Crippen LogP) is 5.40. The van der Waals surface area contributed by atoms with E-state index in [1.165, 1.54) is 16.1 Å². The van der Waals surface area contributed by atoms with Gasteiger partial charge >= 0.3 is 5.63 Å². The predicted molar refractivity (Wildman–Crippen MR) is 119 cm³/mol. The molecule has 5 heteroatoms. The zero-order valence-electron chi connectivity index (χ0n) is 16.8. The molecule has 1 saturated heterocycles. The van der Waals surface area contributed by atoms with Crippen LogP contribution in [0, 0.1) is 13.8 Å². The first-order valence-corrected chi connectivity index (χ1v) is 11.0. The van der Waals surface area contributed by atoms with Crippen LogP contribution in [0.1, 0.15) is 40.5 Å². The summed E-state index contributed by atoms with van der Waals surface area (Å²) in [6, 6.07) is 14.2. The number of hydrogen-bond donors (Lipinski definition) is 0. The molecule has 2 aromatic carbocycles. The zero-order valence-corrected chi connectivity index (χ0v) is 17.6. The first-order chi connectivity index (χ1) is 14.1. The number of benzene rings is 2. The lowest BCUT2D eigenvalue weighted by Gasteiger charge is -2.32. The van der Waals surface area contributed by atoms with Crippen molar-refractivity contribution in [2.24, 2.45) is 0 Å². The van der Waals surface area contributed by atoms with Gasteiger partial charge in [-0.2, -0.15) is 0 Å². The molecule has 0 radical (unpaired) electrons. The summed E-state index contributed by atoms with van der Waals surface area (Å²) in [6.07, 6.45) is 2.32. The van der Waals surface area contributed by atoms with Gasteiger partial charge in [-0.1, -0.05) is 24.3 Å². The van der Waals surface area contributed by atoms with Gasteiger partial charge in [-0.3, -0.25) is 4.90 Å². The molecular formula is C24H24N2O2S. The molecule has 1 aliphatic rings. The molecular weight excluding hydrogens is 380 g/mol. The van der Waals surface area contributed by atoms with Gasteiger partial charge in [0.1, 0.15) is 5.58 Å². The molecule has 0 N–H and O–H groups in total. The molecule has 0 aliphatic carbocycles. The molecule has 4 aromatic rings. The fourth-order valence-corrected chi connectivity index (χ4v) is 5.45. The molecule has 148 valence electrons. The number of aromatic nitrogens is 1. The fraction of sp³-hybridized carbons (Fsp3) is 0.333. The van der Waals surface area contributed by atoms with E-state index in [0.29, 0.717) is 5.92 Å². The van der Waals surface area contributed by atoms with Crippen LogP contribution in [0.25, 0.3) is 21.2 Å². The van der Waals surface area contributed by atoms with Gasteiger partial charge in [-0.05, 0) is 62.1 Å². The fourth-order valence-electron chi connectivity index (χ4n) is 4.36. The molecule has 0 spiro atoms. The highest BCUT2D eigenvalue weighted by Gasteiger charge is 2.25. The average molecular weight is 405 g/mol. The van der Waals surface area contributed by atoms with E-state index in [1.807, 2.05) is 18.3 Å². The van der Waals surface area contributed by atoms with Crippen LogP contribution in [-0.2, 0) is 6.54 Å². The Morgan fingerprint density at radius 3 is 2.93 bits per heavy atom. The molecule has 29 heavy (non-hydrogen) atoms. The van der Waals surface area contributed by atoms with Gasteiger partial charge in [0.2, 0.25) is 0 Å². The number of hydrogen-bond acceptors (Lipinski definition) is 5. The normalized spacial score (nSPS) is 17.9. The first-order valence-electron chi connectivity index (χ1n) is 10.2. The van der Waals surface area contributed by atoms with Crippen LogP contribution in [0.3, 0.4) is 0 Å². The molecule has 5 rings (SSSR count). The van der Waals surface area contributed by atoms with E-state index in [2.05, 4.69) is 48.2 Å². The number of rotatable bonds is 3. The highest BCUT2D eigenvalue weighted by atomic mass is 32.1. The highest BCUT2D eigenvalue weighted by Crippen LogP contribution is 2.34. The summed E-state index contributed by atoms with van der Waals surface area (Å²) < 4.78 is 6.81. The number of para-hydroxylation sites is 1. The van der Waals surface area contributed by atoms with Crippen molar-refractivity contribution in [3.63, 3.8) is 0 Å². The average Bonchev–Trinajstić information content (AvgIpc) is 3.16. The number of likely N-dealkylation sites (tertiary alicyclic amines) is 1. The lowest BCUT2D eigenvalue weighted by Crippen LogP contribution is -2.34. The van der Waals surface area contributed by atoms with Crippen LogP contribution >= 0.6 is 11.3 Å². The third-order valence-electron chi connectivity index (χ3n) is 6.08. The van der Waals surface area contributed by atoms with Crippen molar-refractivity contribution in [3.8, 4) is 0 Å². The van der Waals surface area contributed by atoms with Crippen LogP contribution in [0.2, 0.25) is 0 Å². The number of fused-ring (bicyclic) bond motifs is 2. The maximum atomic E-state index is 12.2. The Morgan fingerprint density at radius 1 is 1.21 bits per heavy atom. The second kappa shape index (κ2) is 7.39. The number of nitrogens with zero attached hydrogens (tertiary/aromatic N) is 2. The molecule has 0 bridgehead atoms. The van der Waals surface area contributed by atoms with Gasteiger partial charge in [0.25, 0.3) is 0 Å². The number of piperidine rings is 1. The summed E-state index contributed by atoms with van der Waals surface area (Å²) in [5, 5.41) is 2.29. The van der Waals surface area contributed by atoms with E-state index >= 15 is 0 Å². The molecule has 1 fully saturated rings. The second-order valence-electron chi connectivity index (χ2n) is 8.07. The van der Waals surface area contributed by atoms with Crippen molar-refractivity contribution >= 4 is 32.5 Å². The summed E-state index contributed by atoms with van der Waals surface area (Å²) in [6.45, 7) is 6.87. The molecule has 1 aliphatic heterocycles. The second-order valence-corrected chi connectivity index (χ2v) is 9.13. The van der Waals surface area contributed by atoms with Crippen LogP contribution in [0.15, 0.2) is 51.7 Å². The van der Waals surface area contributed by atoms with Crippen molar-refractivity contribution < 1.29 is 4.42 Å². The van der Waals surface area contributed by atoms with Gasteiger partial charge in [-0.25, -0.2) is 9.78 Å². The van der Waals surface area contributed by atoms with Crippen molar-refractivity contribution in [2.75, 3.05) is 13.1 Å². The van der Waals surface area contributed by atoms with E-state index in [-0.39, 0.29) is 5.63 Å². The van der Waals surface area contributed by atoms with Crippen LogP contribution in [-0.4, -0.2) is 23.0 Å². The minimum Gasteiger partial charge on any atom is -0.422 e. The summed E-state index contributed by atoms with van der Waals surface area (Å²) in [7, 11) is 0. The van der Waals surface area contributed by atoms with Crippen molar-refractivity contribution in [3.05, 3.63) is 74.6 Å². The summed E-state index contributed by atoms with van der Waals surface area (Å²) >= 11 is 1.82. The molecule has 4 nitrogen and oxygen atoms in total. The smallest absolute Gasteiger partial charge is 0.336 e. The SMILES string of the molecule is Cc1ccc2c(CN3CCC[C@H](c4nc5ccccc5s4)C3)cc(=O)oc2c1C. The minimum absolute atomic E-state index is 0.263. The lowest BCUT2D eigenvalue weighted by molar-refractivity contribution is 0.200. The largest absolute Gasteiger partial charge is 0.422 e. The molecule has 2 aromatic heterocycles. The zero-order chi connectivity index (χ0) is 20.0. The van der Waals surface area contributed by atoms with Gasteiger partial charge in [0, 0.05) is 30.5 Å². The number of thiazole rings is 1. The van der Waals surface area contributed by atoms with Crippen molar-refractivity contribution in [2.45, 2.75) is 39.2 Å². The summed E-state index contributed by atoms with van der Waals surface area (Å²) in [5.41, 5.74) is 4.82. The van der Waals surface area contributed by atoms with Gasteiger partial charge in [0.05, 0.1) is 15.2 Å². The van der Waals surface area contributed by atoms with Gasteiger partial charge < -0.3 is 4.42 Å².